The van der Waals surface area contributed by atoms with E-state index in [4.69, 9.17) is 29.4 Å². The van der Waals surface area contributed by atoms with Crippen LogP contribution in [0.1, 0.15) is 39.9 Å². The van der Waals surface area contributed by atoms with E-state index in [1.807, 2.05) is 27.8 Å². The molecule has 2 atom stereocenters. The van der Waals surface area contributed by atoms with Gasteiger partial charge in [0.1, 0.15) is 17.3 Å². The quantitative estimate of drug-likeness (QED) is 0.577. The molecule has 2 aromatic rings. The number of rotatable bonds is 5. The van der Waals surface area contributed by atoms with E-state index in [2.05, 4.69) is 45.6 Å². The maximum absolute atomic E-state index is 12.4. The number of hydrogen-bond donors (Lipinski definition) is 0. The van der Waals surface area contributed by atoms with E-state index in [0.29, 0.717) is 38.2 Å². The molecule has 0 N–H and O–H groups in total. The number of amides is 1. The van der Waals surface area contributed by atoms with Crippen LogP contribution in [0.3, 0.4) is 0 Å². The van der Waals surface area contributed by atoms with Crippen molar-refractivity contribution in [2.75, 3.05) is 49.2 Å². The lowest BCUT2D eigenvalue weighted by Crippen LogP contribution is -2.52. The van der Waals surface area contributed by atoms with Crippen LogP contribution in [0.15, 0.2) is 29.3 Å². The molecule has 39 heavy (non-hydrogen) atoms. The van der Waals surface area contributed by atoms with Gasteiger partial charge in [0, 0.05) is 52.0 Å². The van der Waals surface area contributed by atoms with Crippen molar-refractivity contribution in [1.29, 1.82) is 0 Å². The highest BCUT2D eigenvalue weighted by Gasteiger charge is 2.38. The van der Waals surface area contributed by atoms with Crippen molar-refractivity contribution in [3.63, 3.8) is 0 Å². The van der Waals surface area contributed by atoms with Crippen molar-refractivity contribution in [1.82, 2.24) is 24.4 Å². The van der Waals surface area contributed by atoms with Crippen LogP contribution in [0.25, 0.3) is 11.2 Å². The average Bonchev–Trinajstić information content (AvgIpc) is 3.42. The molecule has 208 valence electrons. The summed E-state index contributed by atoms with van der Waals surface area (Å²) in [7, 11) is 2.03. The molecule has 11 nitrogen and oxygen atoms in total. The number of fused-ring (bicyclic) bond motifs is 2. The molecule has 0 aromatic carbocycles. The zero-order chi connectivity index (χ0) is 27.3. The number of ether oxygens (including phenoxy) is 2. The molecule has 5 heterocycles. The largest absolute Gasteiger partial charge is 0.444 e. The number of hydrogen-bond acceptors (Lipinski definition) is 9. The van der Waals surface area contributed by atoms with E-state index in [1.54, 1.807) is 4.90 Å². The van der Waals surface area contributed by atoms with E-state index >= 15 is 0 Å². The van der Waals surface area contributed by atoms with Gasteiger partial charge in [0.15, 0.2) is 17.0 Å². The molecule has 1 aliphatic carbocycles. The first-order valence-corrected chi connectivity index (χ1v) is 14.0. The summed E-state index contributed by atoms with van der Waals surface area (Å²) < 4.78 is 13.2. The van der Waals surface area contributed by atoms with E-state index in [9.17, 15) is 4.79 Å². The third kappa shape index (κ3) is 4.88. The molecule has 0 spiro atoms. The molecule has 2 fully saturated rings. The summed E-state index contributed by atoms with van der Waals surface area (Å²) in [5.74, 6) is 3.77. The molecule has 2 saturated heterocycles. The number of aliphatic imine (C=N–C) groups is 1. The van der Waals surface area contributed by atoms with Gasteiger partial charge in [0.05, 0.1) is 25.3 Å². The lowest BCUT2D eigenvalue weighted by Gasteiger charge is -2.39. The third-order valence-electron chi connectivity index (χ3n) is 7.66. The van der Waals surface area contributed by atoms with Crippen LogP contribution in [0.5, 0.6) is 0 Å². The molecule has 0 radical (unpaired) electrons. The standard InChI is InChI=1S/C28H38N8O3/c1-6-21-29-19-9-7-8-10-20(19)36(21)26-31-24-23(25(32-26)34-11-13-38-14-12-34)30-22(33(24)5)15-18-16-35(17-18)27(37)39-28(2,3)4/h7-10,18-20H,6,11-17H2,1-5H3. The molecule has 2 unspecified atom stereocenters. The zero-order valence-corrected chi connectivity index (χ0v) is 23.5. The fourth-order valence-electron chi connectivity index (χ4n) is 5.66. The Kier molecular flexibility index (Phi) is 6.57. The molecule has 11 heteroatoms. The molecule has 3 aliphatic heterocycles. The topological polar surface area (TPSA) is 101 Å². The maximum Gasteiger partial charge on any atom is 0.410 e. The minimum atomic E-state index is -0.493. The first-order chi connectivity index (χ1) is 18.7. The lowest BCUT2D eigenvalue weighted by molar-refractivity contribution is -0.00120. The van der Waals surface area contributed by atoms with Gasteiger partial charge < -0.3 is 23.8 Å². The second-order valence-corrected chi connectivity index (χ2v) is 11.7. The summed E-state index contributed by atoms with van der Waals surface area (Å²) in [6.07, 6.45) is 9.76. The Labute approximate surface area is 229 Å². The number of amidine groups is 1. The molecular weight excluding hydrogens is 496 g/mol. The van der Waals surface area contributed by atoms with Gasteiger partial charge in [-0.05, 0) is 20.8 Å². The molecule has 0 bridgehead atoms. The summed E-state index contributed by atoms with van der Waals surface area (Å²) in [5, 5.41) is 0. The van der Waals surface area contributed by atoms with Crippen LogP contribution in [0.4, 0.5) is 16.6 Å². The van der Waals surface area contributed by atoms with Crippen LogP contribution in [-0.2, 0) is 22.9 Å². The Morgan fingerprint density at radius 1 is 1.10 bits per heavy atom. The van der Waals surface area contributed by atoms with Crippen LogP contribution in [0, 0.1) is 5.92 Å². The minimum Gasteiger partial charge on any atom is -0.444 e. The van der Waals surface area contributed by atoms with Crippen molar-refractivity contribution in [3.05, 3.63) is 30.1 Å². The maximum atomic E-state index is 12.4. The Balaban J connectivity index is 1.31. The second-order valence-electron chi connectivity index (χ2n) is 11.7. The Hall–Kier alpha value is -3.47. The van der Waals surface area contributed by atoms with Crippen LogP contribution in [-0.4, -0.2) is 93.4 Å². The highest BCUT2D eigenvalue weighted by Crippen LogP contribution is 2.33. The van der Waals surface area contributed by atoms with Crippen molar-refractivity contribution < 1.29 is 14.3 Å². The number of nitrogens with zero attached hydrogens (tertiary/aromatic N) is 8. The SMILES string of the molecule is CCC1=NC2C=CC=CC2N1c1nc(N2CCOCC2)c2nc(CC3CN(C(=O)OC(C)(C)C)C3)n(C)c2n1. The van der Waals surface area contributed by atoms with Gasteiger partial charge in [0.2, 0.25) is 5.95 Å². The summed E-state index contributed by atoms with van der Waals surface area (Å²) in [6.45, 7) is 12.0. The van der Waals surface area contributed by atoms with Crippen molar-refractivity contribution >= 4 is 34.9 Å². The fourth-order valence-corrected chi connectivity index (χ4v) is 5.66. The molecule has 2 aromatic heterocycles. The monoisotopic (exact) mass is 534 g/mol. The van der Waals surface area contributed by atoms with E-state index in [-0.39, 0.29) is 18.2 Å². The minimum absolute atomic E-state index is 0.0708. The number of carbonyl (C=O) groups is 1. The van der Waals surface area contributed by atoms with Crippen LogP contribution < -0.4 is 9.80 Å². The average molecular weight is 535 g/mol. The molecule has 1 amide bonds. The molecular formula is C28H38N8O3. The number of carbonyl (C=O) groups excluding carboxylic acids is 1. The zero-order valence-electron chi connectivity index (χ0n) is 23.5. The van der Waals surface area contributed by atoms with Gasteiger partial charge in [-0.2, -0.15) is 9.97 Å². The highest BCUT2D eigenvalue weighted by atomic mass is 16.6. The Bertz CT molecular complexity index is 1340. The third-order valence-corrected chi connectivity index (χ3v) is 7.66. The van der Waals surface area contributed by atoms with Crippen molar-refractivity contribution in [3.8, 4) is 0 Å². The van der Waals surface area contributed by atoms with Gasteiger partial charge in [-0.3, -0.25) is 9.89 Å². The summed E-state index contributed by atoms with van der Waals surface area (Å²) in [4.78, 5) is 38.9. The molecule has 6 rings (SSSR count). The predicted molar refractivity (Wildman–Crippen MR) is 150 cm³/mol. The number of anilines is 2. The normalized spacial score (nSPS) is 23.3. The predicted octanol–water partition coefficient (Wildman–Crippen LogP) is 3.10. The van der Waals surface area contributed by atoms with Crippen molar-refractivity contribution in [2.45, 2.75) is 58.2 Å². The number of aromatic nitrogens is 4. The number of imidazole rings is 1. The molecule has 4 aliphatic rings. The number of allylic oxidation sites excluding steroid dienone is 2. The van der Waals surface area contributed by atoms with Gasteiger partial charge in [-0.15, -0.1) is 0 Å². The number of likely N-dealkylation sites (tertiary alicyclic amines) is 1. The summed E-state index contributed by atoms with van der Waals surface area (Å²) in [6, 6.07) is 0.145. The second kappa shape index (κ2) is 9.93. The van der Waals surface area contributed by atoms with E-state index in [1.165, 1.54) is 0 Å². The highest BCUT2D eigenvalue weighted by molar-refractivity contribution is 6.00. The van der Waals surface area contributed by atoms with Crippen molar-refractivity contribution in [2.24, 2.45) is 18.0 Å². The first kappa shape index (κ1) is 25.8. The lowest BCUT2D eigenvalue weighted by atomic mass is 9.96. The van der Waals surface area contributed by atoms with E-state index < -0.39 is 5.60 Å². The first-order valence-electron chi connectivity index (χ1n) is 14.0. The summed E-state index contributed by atoms with van der Waals surface area (Å²) >= 11 is 0. The summed E-state index contributed by atoms with van der Waals surface area (Å²) in [5.41, 5.74) is 1.13. The Morgan fingerprint density at radius 3 is 2.56 bits per heavy atom. The van der Waals surface area contributed by atoms with Crippen LogP contribution >= 0.6 is 0 Å². The fraction of sp³-hybridized carbons (Fsp3) is 0.607. The Morgan fingerprint density at radius 2 is 1.85 bits per heavy atom. The van der Waals surface area contributed by atoms with Gasteiger partial charge in [-0.25, -0.2) is 9.78 Å². The number of morpholine rings is 1. The smallest absolute Gasteiger partial charge is 0.410 e. The van der Waals surface area contributed by atoms with Gasteiger partial charge in [-0.1, -0.05) is 31.2 Å². The number of aryl methyl sites for hydroxylation is 1. The van der Waals surface area contributed by atoms with Gasteiger partial charge >= 0.3 is 6.09 Å². The van der Waals surface area contributed by atoms with Crippen LogP contribution in [0.2, 0.25) is 0 Å². The van der Waals surface area contributed by atoms with E-state index in [0.717, 1.165) is 54.6 Å². The molecule has 0 saturated carbocycles. The van der Waals surface area contributed by atoms with Gasteiger partial charge in [0.25, 0.3) is 0 Å².